The van der Waals surface area contributed by atoms with E-state index in [1.165, 1.54) is 99.2 Å². The molecule has 0 saturated carbocycles. The SMILES string of the molecule is CC(C)(C)c1ccc(-c2ccccc2N2C3=CC4Sc5cc(N(c6ccc(C(C)(C)C)cc6)c6ccc(C(C)(C)C)cc6)cc6c5B(c5cc(C(C)(C)C)ccc5O6)C4C=C3B3c4cc(C(C)(C)C)ccc4N(c4ccc(C(C)(C)C)cc4)c4cc(N(c5ccc(C(C)(C)C)cc5)c5ccc(C(C)(C)C)cc5)cc2c43)cc1. The van der Waals surface area contributed by atoms with Crippen molar-refractivity contribution in [2.45, 2.75) is 225 Å². The van der Waals surface area contributed by atoms with Crippen molar-refractivity contribution in [3.05, 3.63) is 298 Å². The number of hydrogen-bond acceptors (Lipinski definition) is 6. The molecule has 5 aliphatic rings. The van der Waals surface area contributed by atoms with E-state index in [1.807, 2.05) is 11.8 Å². The summed E-state index contributed by atoms with van der Waals surface area (Å²) in [6.07, 6.45) is 5.54. The van der Waals surface area contributed by atoms with Crippen LogP contribution in [0.4, 0.5) is 62.6 Å². The van der Waals surface area contributed by atoms with Gasteiger partial charge in [-0.25, -0.2) is 0 Å². The van der Waals surface area contributed by atoms with Crippen LogP contribution in [0.3, 0.4) is 0 Å². The van der Waals surface area contributed by atoms with E-state index in [2.05, 4.69) is 428 Å². The zero-order chi connectivity index (χ0) is 79.6. The summed E-state index contributed by atoms with van der Waals surface area (Å²) in [5, 5.41) is -0.0277. The summed E-state index contributed by atoms with van der Waals surface area (Å²) >= 11 is 2.02. The second kappa shape index (κ2) is 27.0. The topological polar surface area (TPSA) is 22.2 Å². The lowest BCUT2D eigenvalue weighted by Crippen LogP contribution is -2.59. The number of para-hydroxylation sites is 1. The molecule has 0 N–H and O–H groups in total. The molecule has 0 saturated heterocycles. The average Bonchev–Trinajstić information content (AvgIpc) is 0.683. The zero-order valence-corrected chi connectivity index (χ0v) is 71.8. The highest BCUT2D eigenvalue weighted by Crippen LogP contribution is 2.57. The van der Waals surface area contributed by atoms with Crippen molar-refractivity contribution in [1.82, 2.24) is 0 Å². The highest BCUT2D eigenvalue weighted by molar-refractivity contribution is 8.00. The molecule has 8 heteroatoms. The first-order valence-electron chi connectivity index (χ1n) is 40.9. The van der Waals surface area contributed by atoms with Crippen molar-refractivity contribution in [3.63, 3.8) is 0 Å². The van der Waals surface area contributed by atoms with Crippen LogP contribution in [0.2, 0.25) is 5.82 Å². The van der Waals surface area contributed by atoms with Crippen LogP contribution in [0.1, 0.15) is 211 Å². The van der Waals surface area contributed by atoms with Crippen LogP contribution < -0.4 is 46.2 Å². The number of thioether (sulfide) groups is 1. The Morgan fingerprint density at radius 3 is 1.17 bits per heavy atom. The Labute approximate surface area is 675 Å². The molecule has 2 atom stereocenters. The number of rotatable bonds is 9. The predicted molar refractivity (Wildman–Crippen MR) is 487 cm³/mol. The number of benzene rings is 11. The molecule has 0 aromatic heterocycles. The van der Waals surface area contributed by atoms with Gasteiger partial charge in [-0.15, -0.1) is 11.8 Å². The minimum Gasteiger partial charge on any atom is -0.458 e. The summed E-state index contributed by atoms with van der Waals surface area (Å²) in [6, 6.07) is 90.3. The van der Waals surface area contributed by atoms with E-state index in [1.54, 1.807) is 0 Å². The molecule has 112 heavy (non-hydrogen) atoms. The maximum Gasteiger partial charge on any atom is 0.251 e. The molecule has 0 bridgehead atoms. The summed E-state index contributed by atoms with van der Waals surface area (Å²) in [7, 11) is 0. The third-order valence-corrected chi connectivity index (χ3v) is 25.7. The van der Waals surface area contributed by atoms with Gasteiger partial charge >= 0.3 is 0 Å². The molecule has 0 fully saturated rings. The van der Waals surface area contributed by atoms with Crippen LogP contribution in [-0.4, -0.2) is 18.7 Å². The molecule has 2 unspecified atom stereocenters. The molecule has 5 nitrogen and oxygen atoms in total. The number of anilines is 11. The van der Waals surface area contributed by atoms with Crippen molar-refractivity contribution in [1.29, 1.82) is 0 Å². The minimum absolute atomic E-state index is 0.0101. The fourth-order valence-electron chi connectivity index (χ4n) is 17.6. The van der Waals surface area contributed by atoms with Crippen LogP contribution in [0, 0.1) is 0 Å². The molecule has 1 aliphatic carbocycles. The monoisotopic (exact) mass is 1490 g/mol. The van der Waals surface area contributed by atoms with Gasteiger partial charge in [-0.05, 0) is 230 Å². The second-order valence-electron chi connectivity index (χ2n) is 40.8. The van der Waals surface area contributed by atoms with Crippen molar-refractivity contribution >= 4 is 110 Å². The largest absolute Gasteiger partial charge is 0.458 e. The van der Waals surface area contributed by atoms with Gasteiger partial charge in [-0.2, -0.15) is 0 Å². The lowest BCUT2D eigenvalue weighted by atomic mass is 9.27. The van der Waals surface area contributed by atoms with Crippen molar-refractivity contribution < 1.29 is 4.74 Å². The maximum absolute atomic E-state index is 7.55. The van der Waals surface area contributed by atoms with Crippen LogP contribution in [-0.2, 0) is 43.3 Å². The Balaban J connectivity index is 1.01. The summed E-state index contributed by atoms with van der Waals surface area (Å²) in [4.78, 5) is 11.6. The Morgan fingerprint density at radius 1 is 0.321 bits per heavy atom. The van der Waals surface area contributed by atoms with E-state index in [0.717, 1.165) is 68.4 Å². The first-order valence-corrected chi connectivity index (χ1v) is 41.8. The highest BCUT2D eigenvalue weighted by Gasteiger charge is 2.53. The molecule has 0 amide bonds. The van der Waals surface area contributed by atoms with Gasteiger partial charge in [0.15, 0.2) is 0 Å². The summed E-state index contributed by atoms with van der Waals surface area (Å²) < 4.78 is 7.55. The third kappa shape index (κ3) is 13.9. The lowest BCUT2D eigenvalue weighted by molar-refractivity contribution is 0.484. The lowest BCUT2D eigenvalue weighted by Gasteiger charge is -2.50. The van der Waals surface area contributed by atoms with Gasteiger partial charge in [0.25, 0.3) is 6.71 Å². The zero-order valence-electron chi connectivity index (χ0n) is 71.0. The minimum atomic E-state index is -0.190. The smallest absolute Gasteiger partial charge is 0.251 e. The fourth-order valence-corrected chi connectivity index (χ4v) is 19.0. The summed E-state index contributed by atoms with van der Waals surface area (Å²) in [5.41, 5.74) is 32.3. The number of ether oxygens (including phenoxy) is 1. The molecule has 16 rings (SSSR count). The Bertz CT molecular complexity index is 5420. The highest BCUT2D eigenvalue weighted by atomic mass is 32.2. The predicted octanol–water partition coefficient (Wildman–Crippen LogP) is 26.8. The molecule has 4 heterocycles. The Hall–Kier alpha value is -9.62. The van der Waals surface area contributed by atoms with Gasteiger partial charge < -0.3 is 24.3 Å². The normalized spacial score (nSPS) is 16.1. The average molecular weight is 1490 g/mol. The Morgan fingerprint density at radius 2 is 0.714 bits per heavy atom. The van der Waals surface area contributed by atoms with Crippen LogP contribution in [0.15, 0.2) is 259 Å². The van der Waals surface area contributed by atoms with E-state index >= 15 is 0 Å². The molecule has 4 aliphatic heterocycles. The second-order valence-corrected chi connectivity index (χ2v) is 42.0. The fraction of sp³-hybridized carbons (Fsp3) is 0.327. The first-order chi connectivity index (χ1) is 52.6. The van der Waals surface area contributed by atoms with Crippen LogP contribution in [0.5, 0.6) is 11.5 Å². The van der Waals surface area contributed by atoms with Gasteiger partial charge in [0, 0.05) is 73.0 Å². The van der Waals surface area contributed by atoms with Gasteiger partial charge in [-0.1, -0.05) is 300 Å². The number of fused-ring (bicyclic) bond motifs is 8. The molecule has 0 spiro atoms. The van der Waals surface area contributed by atoms with Gasteiger partial charge in [0.05, 0.1) is 17.1 Å². The van der Waals surface area contributed by atoms with Crippen molar-refractivity contribution in [2.24, 2.45) is 0 Å². The standard InChI is InChI=1S/C104H114B2N4OS/c1-97(2,3)66-31-29-65(30-32-66)81-27-25-26-28-86(81)110-88-64-93-85(106-84-58-73(104(22,23)24)44-56-91(84)111-92-61-80(62-94(112-93)96(92)106)108(76-49-37-69(38-50-76)100(10,11)12)77-51-39-70(40-52-77)101(13,14)15)63-83(88)105-82-57-72(103(19,20)21)43-55-87(82)109(78-53-41-71(42-54-78)102(16,17)18)89-59-79(60-90(110)95(89)105)107(74-45-33-67(34-46-74)98(4,5)6)75-47-35-68(36-48-75)99(7,8)9/h25-64,85,93H,1-24H3. The Kier molecular flexibility index (Phi) is 18.4. The summed E-state index contributed by atoms with van der Waals surface area (Å²) in [5.74, 6) is 1.86. The number of nitrogens with zero attached hydrogens (tertiary/aromatic N) is 4. The van der Waals surface area contributed by atoms with Gasteiger partial charge in [0.2, 0.25) is 6.71 Å². The van der Waals surface area contributed by atoms with Gasteiger partial charge in [-0.3, -0.25) is 0 Å². The molecule has 0 radical (unpaired) electrons. The first kappa shape index (κ1) is 76.4. The molecular weight excluding hydrogens is 1370 g/mol. The molecule has 11 aromatic carbocycles. The molecular formula is C104H114B2N4OS. The maximum atomic E-state index is 7.55. The van der Waals surface area contributed by atoms with E-state index in [-0.39, 0.29) is 67.8 Å². The number of hydrogen-bond donors (Lipinski definition) is 0. The number of allylic oxidation sites excluding steroid dienone is 2. The van der Waals surface area contributed by atoms with Gasteiger partial charge in [0.1, 0.15) is 11.5 Å². The van der Waals surface area contributed by atoms with Crippen molar-refractivity contribution in [2.75, 3.05) is 19.6 Å². The summed E-state index contributed by atoms with van der Waals surface area (Å²) in [6.45, 7) is 55.6. The molecule has 568 valence electrons. The quantitative estimate of drug-likeness (QED) is 0.133. The van der Waals surface area contributed by atoms with Crippen LogP contribution in [0.25, 0.3) is 11.1 Å². The van der Waals surface area contributed by atoms with E-state index in [9.17, 15) is 0 Å². The van der Waals surface area contributed by atoms with E-state index in [0.29, 0.717) is 0 Å². The van der Waals surface area contributed by atoms with E-state index < -0.39 is 0 Å². The van der Waals surface area contributed by atoms with E-state index in [4.69, 9.17) is 4.74 Å². The third-order valence-electron chi connectivity index (χ3n) is 24.4. The molecule has 11 aromatic rings. The van der Waals surface area contributed by atoms with Crippen LogP contribution >= 0.6 is 11.8 Å². The van der Waals surface area contributed by atoms with Crippen molar-refractivity contribution in [3.8, 4) is 22.6 Å².